The summed E-state index contributed by atoms with van der Waals surface area (Å²) < 4.78 is 13.5. The SMILES string of the molecule is CC(C)Oc1ccc(C(=O)OCCCn2nc3ccccn3c2=O)cn1. The van der Waals surface area contributed by atoms with E-state index in [1.165, 1.54) is 15.3 Å². The highest BCUT2D eigenvalue weighted by atomic mass is 16.5. The molecule has 0 bridgehead atoms. The van der Waals surface area contributed by atoms with Crippen molar-refractivity contribution in [1.29, 1.82) is 0 Å². The monoisotopic (exact) mass is 356 g/mol. The van der Waals surface area contributed by atoms with Crippen molar-refractivity contribution in [2.75, 3.05) is 6.61 Å². The average Bonchev–Trinajstić information content (AvgIpc) is 2.95. The zero-order valence-electron chi connectivity index (χ0n) is 14.7. The summed E-state index contributed by atoms with van der Waals surface area (Å²) in [7, 11) is 0. The van der Waals surface area contributed by atoms with Gasteiger partial charge in [-0.2, -0.15) is 0 Å². The minimum Gasteiger partial charge on any atom is -0.475 e. The molecule has 0 atom stereocenters. The molecule has 3 aromatic rings. The van der Waals surface area contributed by atoms with Crippen LogP contribution in [-0.4, -0.2) is 37.8 Å². The molecule has 3 aromatic heterocycles. The van der Waals surface area contributed by atoms with E-state index in [0.717, 1.165) is 0 Å². The van der Waals surface area contributed by atoms with Crippen molar-refractivity contribution in [3.05, 3.63) is 58.8 Å². The number of carbonyl (C=O) groups is 1. The fourth-order valence-corrected chi connectivity index (χ4v) is 2.39. The predicted molar refractivity (Wildman–Crippen MR) is 94.4 cm³/mol. The third-order valence-corrected chi connectivity index (χ3v) is 3.56. The quantitative estimate of drug-likeness (QED) is 0.475. The van der Waals surface area contributed by atoms with Crippen LogP contribution < -0.4 is 10.4 Å². The van der Waals surface area contributed by atoms with Gasteiger partial charge in [0.1, 0.15) is 0 Å². The van der Waals surface area contributed by atoms with Crippen molar-refractivity contribution in [3.8, 4) is 5.88 Å². The molecule has 8 nitrogen and oxygen atoms in total. The Kier molecular flexibility index (Phi) is 5.31. The summed E-state index contributed by atoms with van der Waals surface area (Å²) >= 11 is 0. The first-order valence-corrected chi connectivity index (χ1v) is 8.38. The fourth-order valence-electron chi connectivity index (χ4n) is 2.39. The first-order chi connectivity index (χ1) is 12.5. The Morgan fingerprint density at radius 2 is 2.08 bits per heavy atom. The molecule has 0 radical (unpaired) electrons. The first kappa shape index (κ1) is 17.7. The number of esters is 1. The lowest BCUT2D eigenvalue weighted by atomic mass is 10.3. The van der Waals surface area contributed by atoms with E-state index in [4.69, 9.17) is 9.47 Å². The highest BCUT2D eigenvalue weighted by Gasteiger charge is 2.10. The Balaban J connectivity index is 1.50. The Morgan fingerprint density at radius 3 is 2.77 bits per heavy atom. The Bertz CT molecular complexity index is 944. The number of hydrogen-bond donors (Lipinski definition) is 0. The van der Waals surface area contributed by atoms with Crippen molar-refractivity contribution >= 4 is 11.6 Å². The third kappa shape index (κ3) is 4.08. The number of ether oxygens (including phenoxy) is 2. The van der Waals surface area contributed by atoms with Crippen molar-refractivity contribution < 1.29 is 14.3 Å². The van der Waals surface area contributed by atoms with Gasteiger partial charge in [-0.25, -0.2) is 19.3 Å². The average molecular weight is 356 g/mol. The summed E-state index contributed by atoms with van der Waals surface area (Å²) in [4.78, 5) is 28.2. The molecule has 0 fully saturated rings. The largest absolute Gasteiger partial charge is 0.475 e. The summed E-state index contributed by atoms with van der Waals surface area (Å²) in [5.74, 6) is -0.00119. The van der Waals surface area contributed by atoms with Gasteiger partial charge in [0.2, 0.25) is 5.88 Å². The fraction of sp³-hybridized carbons (Fsp3) is 0.333. The zero-order chi connectivity index (χ0) is 18.5. The maximum absolute atomic E-state index is 12.1. The van der Waals surface area contributed by atoms with Crippen LogP contribution in [0.2, 0.25) is 0 Å². The number of aromatic nitrogens is 4. The van der Waals surface area contributed by atoms with E-state index in [2.05, 4.69) is 10.1 Å². The van der Waals surface area contributed by atoms with Gasteiger partial charge in [0.05, 0.1) is 18.3 Å². The molecule has 136 valence electrons. The number of nitrogens with zero attached hydrogens (tertiary/aromatic N) is 4. The molecule has 0 N–H and O–H groups in total. The molecule has 3 rings (SSSR count). The Hall–Kier alpha value is -3.16. The van der Waals surface area contributed by atoms with E-state index < -0.39 is 5.97 Å². The molecule has 0 aliphatic heterocycles. The van der Waals surface area contributed by atoms with Crippen LogP contribution in [0.1, 0.15) is 30.6 Å². The van der Waals surface area contributed by atoms with Crippen LogP contribution in [-0.2, 0) is 11.3 Å². The molecule has 0 spiro atoms. The van der Waals surface area contributed by atoms with Crippen LogP contribution in [0.3, 0.4) is 0 Å². The molecule has 0 saturated heterocycles. The summed E-state index contributed by atoms with van der Waals surface area (Å²) in [5, 5.41) is 4.22. The maximum atomic E-state index is 12.1. The van der Waals surface area contributed by atoms with E-state index in [-0.39, 0.29) is 18.4 Å². The highest BCUT2D eigenvalue weighted by Crippen LogP contribution is 2.10. The van der Waals surface area contributed by atoms with E-state index in [0.29, 0.717) is 30.1 Å². The van der Waals surface area contributed by atoms with Crippen molar-refractivity contribution in [2.24, 2.45) is 0 Å². The maximum Gasteiger partial charge on any atom is 0.350 e. The lowest BCUT2D eigenvalue weighted by molar-refractivity contribution is 0.0494. The van der Waals surface area contributed by atoms with Crippen LogP contribution >= 0.6 is 0 Å². The molecule has 0 aromatic carbocycles. The highest BCUT2D eigenvalue weighted by molar-refractivity contribution is 5.89. The standard InChI is InChI=1S/C18H20N4O4/c1-13(2)26-16-8-7-14(12-19-16)17(23)25-11-5-10-22-18(24)21-9-4-3-6-15(21)20-22/h3-4,6-9,12-13H,5,10-11H2,1-2H3. The van der Waals surface area contributed by atoms with E-state index in [1.807, 2.05) is 19.9 Å². The normalized spacial score (nSPS) is 11.0. The molecule has 0 amide bonds. The molecule has 0 aliphatic carbocycles. The van der Waals surface area contributed by atoms with E-state index >= 15 is 0 Å². The Labute approximate surface area is 150 Å². The van der Waals surface area contributed by atoms with E-state index in [9.17, 15) is 9.59 Å². The molecule has 0 saturated carbocycles. The molecule has 0 aliphatic rings. The van der Waals surface area contributed by atoms with Gasteiger partial charge in [-0.15, -0.1) is 5.10 Å². The number of hydrogen-bond acceptors (Lipinski definition) is 6. The molecule has 8 heteroatoms. The number of fused-ring (bicyclic) bond motifs is 1. The van der Waals surface area contributed by atoms with Crippen LogP contribution in [0, 0.1) is 0 Å². The van der Waals surface area contributed by atoms with Gasteiger partial charge in [0.25, 0.3) is 0 Å². The topological polar surface area (TPSA) is 87.7 Å². The number of aryl methyl sites for hydroxylation is 1. The van der Waals surface area contributed by atoms with Crippen LogP contribution in [0.15, 0.2) is 47.5 Å². The van der Waals surface area contributed by atoms with Gasteiger partial charge in [-0.05, 0) is 32.0 Å². The van der Waals surface area contributed by atoms with Crippen molar-refractivity contribution in [2.45, 2.75) is 32.9 Å². The minimum absolute atomic E-state index is 0.0170. The number of pyridine rings is 2. The zero-order valence-corrected chi connectivity index (χ0v) is 14.7. The second-order valence-electron chi connectivity index (χ2n) is 5.98. The first-order valence-electron chi connectivity index (χ1n) is 8.38. The van der Waals surface area contributed by atoms with Gasteiger partial charge < -0.3 is 9.47 Å². The lowest BCUT2D eigenvalue weighted by Gasteiger charge is -2.09. The van der Waals surface area contributed by atoms with Gasteiger partial charge >= 0.3 is 11.7 Å². The smallest absolute Gasteiger partial charge is 0.350 e. The second kappa shape index (κ2) is 7.81. The molecule has 0 unspecified atom stereocenters. The van der Waals surface area contributed by atoms with Crippen LogP contribution in [0.5, 0.6) is 5.88 Å². The summed E-state index contributed by atoms with van der Waals surface area (Å²) in [5.41, 5.74) is 0.729. The number of rotatable bonds is 7. The second-order valence-corrected chi connectivity index (χ2v) is 5.98. The third-order valence-electron chi connectivity index (χ3n) is 3.56. The molecule has 3 heterocycles. The molecular weight excluding hydrogens is 336 g/mol. The Morgan fingerprint density at radius 1 is 1.23 bits per heavy atom. The van der Waals surface area contributed by atoms with Gasteiger partial charge in [-0.3, -0.25) is 4.40 Å². The summed E-state index contributed by atoms with van der Waals surface area (Å²) in [6, 6.07) is 8.59. The van der Waals surface area contributed by atoms with Crippen LogP contribution in [0.4, 0.5) is 0 Å². The lowest BCUT2D eigenvalue weighted by Crippen LogP contribution is -2.22. The predicted octanol–water partition coefficient (Wildman–Crippen LogP) is 1.93. The minimum atomic E-state index is -0.462. The van der Waals surface area contributed by atoms with Crippen molar-refractivity contribution in [1.82, 2.24) is 19.2 Å². The number of carbonyl (C=O) groups excluding carboxylic acids is 1. The molecule has 26 heavy (non-hydrogen) atoms. The van der Waals surface area contributed by atoms with Crippen LogP contribution in [0.25, 0.3) is 5.65 Å². The summed E-state index contributed by atoms with van der Waals surface area (Å²) in [6.07, 6.45) is 3.59. The summed E-state index contributed by atoms with van der Waals surface area (Å²) in [6.45, 7) is 4.35. The van der Waals surface area contributed by atoms with E-state index in [1.54, 1.807) is 30.5 Å². The van der Waals surface area contributed by atoms with Crippen molar-refractivity contribution in [3.63, 3.8) is 0 Å². The van der Waals surface area contributed by atoms with Gasteiger partial charge in [-0.1, -0.05) is 6.07 Å². The van der Waals surface area contributed by atoms with Gasteiger partial charge in [0.15, 0.2) is 5.65 Å². The van der Waals surface area contributed by atoms with Gasteiger partial charge in [0, 0.05) is 31.4 Å². The molecular formula is C18H20N4O4.